The topological polar surface area (TPSA) is 95.6 Å². The van der Waals surface area contributed by atoms with Crippen LogP contribution in [0.2, 0.25) is 5.02 Å². The van der Waals surface area contributed by atoms with Crippen molar-refractivity contribution in [1.29, 1.82) is 0 Å². The van der Waals surface area contributed by atoms with Crippen molar-refractivity contribution in [3.63, 3.8) is 0 Å². The van der Waals surface area contributed by atoms with Gasteiger partial charge in [0.05, 0.1) is 5.02 Å². The molecule has 1 aliphatic heterocycles. The second kappa shape index (κ2) is 9.48. The van der Waals surface area contributed by atoms with Crippen molar-refractivity contribution in [3.8, 4) is 16.9 Å². The number of halogens is 2. The predicted molar refractivity (Wildman–Crippen MR) is 136 cm³/mol. The number of anilines is 1. The minimum Gasteiger partial charge on any atom is -0.508 e. The molecule has 2 heterocycles. The highest BCUT2D eigenvalue weighted by atomic mass is 35.5. The highest BCUT2D eigenvalue weighted by molar-refractivity contribution is 6.35. The first-order valence-corrected chi connectivity index (χ1v) is 11.6. The number of amides is 1. The Hall–Kier alpha value is -3.75. The summed E-state index contributed by atoms with van der Waals surface area (Å²) in [5, 5.41) is 12.5. The van der Waals surface area contributed by atoms with Crippen LogP contribution in [0.25, 0.3) is 32.8 Å². The summed E-state index contributed by atoms with van der Waals surface area (Å²) in [6.45, 7) is 2.38. The van der Waals surface area contributed by atoms with Crippen LogP contribution < -0.4 is 10.6 Å². The molecule has 3 N–H and O–H groups in total. The molecule has 0 atom stereocenters. The van der Waals surface area contributed by atoms with Gasteiger partial charge in [0.1, 0.15) is 23.4 Å². The fourth-order valence-electron chi connectivity index (χ4n) is 4.53. The van der Waals surface area contributed by atoms with E-state index in [4.69, 9.17) is 17.3 Å². The fourth-order valence-corrected chi connectivity index (χ4v) is 4.82. The second-order valence-electron chi connectivity index (χ2n) is 8.31. The number of nitrogens with zero attached hydrogens (tertiary/aromatic N) is 4. The zero-order chi connectivity index (χ0) is 24.5. The van der Waals surface area contributed by atoms with Crippen LogP contribution >= 0.6 is 11.6 Å². The first-order chi connectivity index (χ1) is 17.0. The number of aromatic nitrogens is 2. The maximum absolute atomic E-state index is 16.0. The lowest BCUT2D eigenvalue weighted by atomic mass is 9.96. The molecule has 5 rings (SSSR count). The molecule has 9 heteroatoms. The van der Waals surface area contributed by atoms with Crippen LogP contribution in [0, 0.1) is 5.82 Å². The molecule has 0 bridgehead atoms. The summed E-state index contributed by atoms with van der Waals surface area (Å²) in [5.41, 5.74) is 6.24. The zero-order valence-electron chi connectivity index (χ0n) is 18.8. The summed E-state index contributed by atoms with van der Waals surface area (Å²) in [6.07, 6.45) is 4.45. The molecular weight excluding hydrogens is 469 g/mol. The monoisotopic (exact) mass is 491 g/mol. The van der Waals surface area contributed by atoms with Crippen LogP contribution in [0.15, 0.2) is 60.9 Å². The molecule has 1 aliphatic rings. The van der Waals surface area contributed by atoms with Gasteiger partial charge in [-0.1, -0.05) is 41.9 Å². The summed E-state index contributed by atoms with van der Waals surface area (Å²) in [4.78, 5) is 24.6. The van der Waals surface area contributed by atoms with Gasteiger partial charge in [-0.15, -0.1) is 0 Å². The van der Waals surface area contributed by atoms with Crippen molar-refractivity contribution in [2.45, 2.75) is 0 Å². The van der Waals surface area contributed by atoms with Gasteiger partial charge in [-0.3, -0.25) is 4.79 Å². The number of nitrogens with two attached hydrogens (primary N) is 1. The maximum atomic E-state index is 16.0. The molecule has 0 radical (unpaired) electrons. The number of rotatable bonds is 4. The molecule has 1 amide bonds. The van der Waals surface area contributed by atoms with Crippen molar-refractivity contribution in [3.05, 3.63) is 71.8 Å². The summed E-state index contributed by atoms with van der Waals surface area (Å²) in [7, 11) is 0. The molecule has 7 nitrogen and oxygen atoms in total. The Kier molecular flexibility index (Phi) is 6.23. The quantitative estimate of drug-likeness (QED) is 0.417. The number of fused-ring (bicyclic) bond motifs is 2. The van der Waals surface area contributed by atoms with Gasteiger partial charge >= 0.3 is 0 Å². The molecule has 3 aromatic carbocycles. The Labute approximate surface area is 206 Å². The summed E-state index contributed by atoms with van der Waals surface area (Å²) < 4.78 is 16.0. The normalized spacial score (nSPS) is 14.4. The number of phenols is 1. The van der Waals surface area contributed by atoms with Gasteiger partial charge in [-0.05, 0) is 34.5 Å². The van der Waals surface area contributed by atoms with Gasteiger partial charge in [0.15, 0.2) is 5.82 Å². The maximum Gasteiger partial charge on any atom is 0.246 e. The first kappa shape index (κ1) is 23.0. The van der Waals surface area contributed by atoms with E-state index in [2.05, 4.69) is 9.97 Å². The predicted octanol–water partition coefficient (Wildman–Crippen LogP) is 4.11. The summed E-state index contributed by atoms with van der Waals surface area (Å²) in [6, 6.07) is 12.2. The van der Waals surface area contributed by atoms with Crippen LogP contribution in [0.4, 0.5) is 10.2 Å². The lowest BCUT2D eigenvalue weighted by Gasteiger charge is -2.35. The standard InChI is InChI=1S/C26H23ClFN5O2/c27-21-14-20-25(24(28)23(21)19-13-17(34)12-16-4-1-2-5-18(16)19)30-15-31-26(20)33-10-8-32(9-11-33)22(35)6-3-7-29/h1-6,12-15,34H,7-11,29H2. The van der Waals surface area contributed by atoms with E-state index in [1.807, 2.05) is 29.2 Å². The minimum atomic E-state index is -0.576. The molecule has 4 aromatic rings. The fraction of sp³-hybridized carbons (Fsp3) is 0.192. The van der Waals surface area contributed by atoms with Gasteiger partial charge in [0, 0.05) is 49.7 Å². The highest BCUT2D eigenvalue weighted by Gasteiger charge is 2.25. The number of phenolic OH excluding ortho intramolecular Hbond substituents is 1. The molecule has 35 heavy (non-hydrogen) atoms. The van der Waals surface area contributed by atoms with Gasteiger partial charge in [0.25, 0.3) is 0 Å². The minimum absolute atomic E-state index is 0.0198. The second-order valence-corrected chi connectivity index (χ2v) is 8.71. The largest absolute Gasteiger partial charge is 0.508 e. The number of piperazine rings is 1. The lowest BCUT2D eigenvalue weighted by molar-refractivity contribution is -0.126. The van der Waals surface area contributed by atoms with Crippen molar-refractivity contribution in [2.75, 3.05) is 37.6 Å². The zero-order valence-corrected chi connectivity index (χ0v) is 19.5. The van der Waals surface area contributed by atoms with Crippen LogP contribution in [-0.2, 0) is 4.79 Å². The molecular formula is C26H23ClFN5O2. The van der Waals surface area contributed by atoms with E-state index in [0.29, 0.717) is 49.5 Å². The van der Waals surface area contributed by atoms with Crippen molar-refractivity contribution in [2.24, 2.45) is 5.73 Å². The molecule has 1 saturated heterocycles. The molecule has 0 aliphatic carbocycles. The number of carbonyl (C=O) groups is 1. The average Bonchev–Trinajstić information content (AvgIpc) is 2.87. The Balaban J connectivity index is 1.54. The van der Waals surface area contributed by atoms with Gasteiger partial charge < -0.3 is 20.6 Å². The summed E-state index contributed by atoms with van der Waals surface area (Å²) >= 11 is 6.65. The van der Waals surface area contributed by atoms with Crippen LogP contribution in [0.5, 0.6) is 5.75 Å². The average molecular weight is 492 g/mol. The van der Waals surface area contributed by atoms with Crippen LogP contribution in [-0.4, -0.2) is 58.6 Å². The Morgan fingerprint density at radius 3 is 2.66 bits per heavy atom. The number of hydrogen-bond donors (Lipinski definition) is 2. The van der Waals surface area contributed by atoms with E-state index in [0.717, 1.165) is 10.8 Å². The highest BCUT2D eigenvalue weighted by Crippen LogP contribution is 2.41. The van der Waals surface area contributed by atoms with E-state index in [9.17, 15) is 9.90 Å². The molecule has 0 spiro atoms. The Morgan fingerprint density at radius 2 is 1.89 bits per heavy atom. The van der Waals surface area contributed by atoms with E-state index in [-0.39, 0.29) is 27.8 Å². The van der Waals surface area contributed by atoms with Crippen LogP contribution in [0.1, 0.15) is 0 Å². The number of hydrogen-bond acceptors (Lipinski definition) is 6. The van der Waals surface area contributed by atoms with Gasteiger partial charge in [-0.2, -0.15) is 0 Å². The van der Waals surface area contributed by atoms with E-state index in [1.54, 1.807) is 23.1 Å². The number of carbonyl (C=O) groups excluding carboxylic acids is 1. The van der Waals surface area contributed by atoms with Gasteiger partial charge in [0.2, 0.25) is 5.91 Å². The van der Waals surface area contributed by atoms with Crippen molar-refractivity contribution >= 4 is 45.0 Å². The van der Waals surface area contributed by atoms with E-state index >= 15 is 4.39 Å². The van der Waals surface area contributed by atoms with Crippen molar-refractivity contribution in [1.82, 2.24) is 14.9 Å². The van der Waals surface area contributed by atoms with E-state index in [1.165, 1.54) is 18.5 Å². The van der Waals surface area contributed by atoms with Crippen molar-refractivity contribution < 1.29 is 14.3 Å². The third-order valence-corrected chi connectivity index (χ3v) is 6.50. The van der Waals surface area contributed by atoms with Crippen LogP contribution in [0.3, 0.4) is 0 Å². The molecule has 1 fully saturated rings. The number of benzene rings is 3. The lowest BCUT2D eigenvalue weighted by Crippen LogP contribution is -2.48. The molecule has 0 unspecified atom stereocenters. The van der Waals surface area contributed by atoms with Gasteiger partial charge in [-0.25, -0.2) is 14.4 Å². The Morgan fingerprint density at radius 1 is 1.11 bits per heavy atom. The SMILES string of the molecule is NCC=CC(=O)N1CCN(c2ncnc3c(F)c(-c4cc(O)cc5ccccc45)c(Cl)cc23)CC1. The first-order valence-electron chi connectivity index (χ1n) is 11.2. The molecule has 178 valence electrons. The third kappa shape index (κ3) is 4.26. The molecule has 0 saturated carbocycles. The third-order valence-electron chi connectivity index (χ3n) is 6.20. The Bertz CT molecular complexity index is 1470. The summed E-state index contributed by atoms with van der Waals surface area (Å²) in [5.74, 6) is -0.0774. The number of aromatic hydroxyl groups is 1. The smallest absolute Gasteiger partial charge is 0.246 e. The van der Waals surface area contributed by atoms with E-state index < -0.39 is 5.82 Å². The molecule has 1 aromatic heterocycles.